The third kappa shape index (κ3) is 5.82. The van der Waals surface area contributed by atoms with E-state index in [2.05, 4.69) is 53.4 Å². The number of likely N-dealkylation sites (N-methyl/N-ethyl adjacent to an activating group) is 1. The van der Waals surface area contributed by atoms with Gasteiger partial charge in [0.1, 0.15) is 16.5 Å². The van der Waals surface area contributed by atoms with Gasteiger partial charge in [-0.1, -0.05) is 13.8 Å². The van der Waals surface area contributed by atoms with E-state index >= 15 is 0 Å². The Bertz CT molecular complexity index is 1140. The minimum Gasteiger partial charge on any atom is -0.497 e. The van der Waals surface area contributed by atoms with Crippen molar-refractivity contribution < 1.29 is 14.3 Å². The summed E-state index contributed by atoms with van der Waals surface area (Å²) in [5, 5.41) is 7.50. The van der Waals surface area contributed by atoms with Crippen molar-refractivity contribution in [3.05, 3.63) is 58.7 Å². The Hall–Kier alpha value is -2.97. The SMILES string of the molecule is COc1ccc(OC)c(NC(=O)N[C@@H](CCC(C)C)c2c(-n3cccc3)sc3c2CCN(C)C3)c1. The number of ether oxygens (including phenoxy) is 2. The van der Waals surface area contributed by atoms with Gasteiger partial charge >= 0.3 is 6.03 Å². The van der Waals surface area contributed by atoms with E-state index in [0.717, 1.165) is 32.4 Å². The van der Waals surface area contributed by atoms with Gasteiger partial charge in [-0.15, -0.1) is 11.3 Å². The molecule has 0 fully saturated rings. The first-order chi connectivity index (χ1) is 16.9. The molecule has 2 aromatic heterocycles. The van der Waals surface area contributed by atoms with Gasteiger partial charge in [0.05, 0.1) is 25.9 Å². The van der Waals surface area contributed by atoms with Crippen LogP contribution in [-0.4, -0.2) is 43.3 Å². The topological polar surface area (TPSA) is 67.8 Å². The van der Waals surface area contributed by atoms with Crippen molar-refractivity contribution in [2.45, 2.75) is 45.7 Å². The van der Waals surface area contributed by atoms with Crippen LogP contribution in [0.5, 0.6) is 11.5 Å². The molecule has 1 aliphatic heterocycles. The molecule has 2 amide bonds. The van der Waals surface area contributed by atoms with Crippen LogP contribution in [0.2, 0.25) is 0 Å². The summed E-state index contributed by atoms with van der Waals surface area (Å²) in [6.07, 6.45) is 7.05. The monoisotopic (exact) mass is 496 g/mol. The van der Waals surface area contributed by atoms with Gasteiger partial charge in [-0.3, -0.25) is 0 Å². The van der Waals surface area contributed by atoms with Gasteiger partial charge in [-0.05, 0) is 62.1 Å². The van der Waals surface area contributed by atoms with Crippen molar-refractivity contribution >= 4 is 23.1 Å². The van der Waals surface area contributed by atoms with Crippen LogP contribution in [0.25, 0.3) is 5.00 Å². The van der Waals surface area contributed by atoms with Crippen LogP contribution < -0.4 is 20.1 Å². The number of carbonyl (C=O) groups is 1. The number of amides is 2. The van der Waals surface area contributed by atoms with Crippen LogP contribution in [0, 0.1) is 5.92 Å². The fourth-order valence-electron chi connectivity index (χ4n) is 4.58. The van der Waals surface area contributed by atoms with Crippen LogP contribution in [0.15, 0.2) is 42.7 Å². The number of methoxy groups -OCH3 is 2. The molecule has 0 aliphatic carbocycles. The number of nitrogens with zero attached hydrogens (tertiary/aromatic N) is 2. The van der Waals surface area contributed by atoms with Gasteiger partial charge in [0.2, 0.25) is 0 Å². The molecule has 0 radical (unpaired) electrons. The molecule has 1 aliphatic rings. The molecule has 8 heteroatoms. The minimum atomic E-state index is -0.253. The van der Waals surface area contributed by atoms with Crippen LogP contribution >= 0.6 is 11.3 Å². The summed E-state index contributed by atoms with van der Waals surface area (Å²) in [4.78, 5) is 17.1. The molecule has 0 unspecified atom stereocenters. The Labute approximate surface area is 212 Å². The number of anilines is 1. The van der Waals surface area contributed by atoms with Crippen molar-refractivity contribution in [1.29, 1.82) is 0 Å². The van der Waals surface area contributed by atoms with E-state index in [0.29, 0.717) is 23.1 Å². The second kappa shape index (κ2) is 11.2. The highest BCUT2D eigenvalue weighted by Crippen LogP contribution is 2.41. The number of benzene rings is 1. The average Bonchev–Trinajstić information content (AvgIpc) is 3.49. The van der Waals surface area contributed by atoms with E-state index in [4.69, 9.17) is 9.47 Å². The maximum atomic E-state index is 13.3. The Morgan fingerprint density at radius 3 is 2.60 bits per heavy atom. The molecule has 188 valence electrons. The number of fused-ring (bicyclic) bond motifs is 1. The van der Waals surface area contributed by atoms with Crippen LogP contribution in [0.1, 0.15) is 48.7 Å². The van der Waals surface area contributed by atoms with Crippen molar-refractivity contribution in [1.82, 2.24) is 14.8 Å². The molecule has 3 aromatic rings. The highest BCUT2D eigenvalue weighted by atomic mass is 32.1. The van der Waals surface area contributed by atoms with Crippen molar-refractivity contribution in [2.24, 2.45) is 5.92 Å². The van der Waals surface area contributed by atoms with Crippen molar-refractivity contribution in [3.63, 3.8) is 0 Å². The number of hydrogen-bond acceptors (Lipinski definition) is 5. The predicted octanol–water partition coefficient (Wildman–Crippen LogP) is 5.84. The standard InChI is InChI=1S/C27H36N4O3S/c1-18(2)8-10-21(28-27(32)29-22-16-19(33-4)9-11-23(22)34-5)25-20-12-15-30(3)17-24(20)35-26(25)31-13-6-7-14-31/h6-7,9,11,13-14,16,18,21H,8,10,12,15,17H2,1-5H3,(H2,28,29,32)/t21-/m0/s1. The van der Waals surface area contributed by atoms with E-state index in [1.54, 1.807) is 26.4 Å². The fraction of sp³-hybridized carbons (Fsp3) is 0.444. The Balaban J connectivity index is 1.67. The molecule has 2 N–H and O–H groups in total. The molecule has 0 saturated heterocycles. The minimum absolute atomic E-state index is 0.102. The summed E-state index contributed by atoms with van der Waals surface area (Å²) in [6, 6.07) is 9.12. The molecule has 4 rings (SSSR count). The van der Waals surface area contributed by atoms with Gasteiger partial charge in [0.25, 0.3) is 0 Å². The van der Waals surface area contributed by atoms with Gasteiger partial charge < -0.3 is 29.6 Å². The van der Waals surface area contributed by atoms with Crippen molar-refractivity contribution in [2.75, 3.05) is 33.1 Å². The zero-order valence-electron chi connectivity index (χ0n) is 21.3. The van der Waals surface area contributed by atoms with Gasteiger partial charge in [-0.25, -0.2) is 4.79 Å². The second-order valence-electron chi connectivity index (χ2n) is 9.49. The first kappa shape index (κ1) is 25.1. The quantitative estimate of drug-likeness (QED) is 0.390. The molecule has 1 atom stereocenters. The van der Waals surface area contributed by atoms with Crippen LogP contribution in [-0.2, 0) is 13.0 Å². The van der Waals surface area contributed by atoms with Gasteiger partial charge in [0, 0.05) is 42.0 Å². The third-order valence-electron chi connectivity index (χ3n) is 6.45. The average molecular weight is 497 g/mol. The van der Waals surface area contributed by atoms with Gasteiger partial charge in [0.15, 0.2) is 0 Å². The van der Waals surface area contributed by atoms with Crippen molar-refractivity contribution in [3.8, 4) is 16.5 Å². The number of thiophene rings is 1. The largest absolute Gasteiger partial charge is 0.497 e. The number of aromatic nitrogens is 1. The van der Waals surface area contributed by atoms with E-state index in [1.165, 1.54) is 21.0 Å². The normalized spacial score (nSPS) is 14.5. The third-order valence-corrected chi connectivity index (χ3v) is 7.70. The zero-order chi connectivity index (χ0) is 24.9. The number of nitrogens with one attached hydrogen (secondary N) is 2. The number of carbonyl (C=O) groups excluding carboxylic acids is 1. The second-order valence-corrected chi connectivity index (χ2v) is 10.6. The lowest BCUT2D eigenvalue weighted by molar-refractivity contribution is 0.247. The molecule has 0 bridgehead atoms. The Morgan fingerprint density at radius 1 is 1.14 bits per heavy atom. The molecular formula is C27H36N4O3S. The van der Waals surface area contributed by atoms with Gasteiger partial charge in [-0.2, -0.15) is 0 Å². The first-order valence-electron chi connectivity index (χ1n) is 12.2. The maximum absolute atomic E-state index is 13.3. The summed E-state index contributed by atoms with van der Waals surface area (Å²) in [6.45, 7) is 6.41. The van der Waals surface area contributed by atoms with E-state index < -0.39 is 0 Å². The van der Waals surface area contributed by atoms with Crippen LogP contribution in [0.4, 0.5) is 10.5 Å². The van der Waals surface area contributed by atoms with E-state index in [9.17, 15) is 4.79 Å². The number of hydrogen-bond donors (Lipinski definition) is 2. The van der Waals surface area contributed by atoms with Crippen LogP contribution in [0.3, 0.4) is 0 Å². The maximum Gasteiger partial charge on any atom is 0.319 e. The summed E-state index contributed by atoms with van der Waals surface area (Å²) in [7, 11) is 5.36. The fourth-order valence-corrected chi connectivity index (χ4v) is 6.04. The summed E-state index contributed by atoms with van der Waals surface area (Å²) < 4.78 is 13.0. The molecule has 3 heterocycles. The summed E-state index contributed by atoms with van der Waals surface area (Å²) in [5.74, 6) is 1.78. The number of rotatable bonds is 9. The predicted molar refractivity (Wildman–Crippen MR) is 142 cm³/mol. The molecular weight excluding hydrogens is 460 g/mol. The Morgan fingerprint density at radius 2 is 1.91 bits per heavy atom. The molecule has 0 spiro atoms. The molecule has 35 heavy (non-hydrogen) atoms. The lowest BCUT2D eigenvalue weighted by Crippen LogP contribution is -2.34. The van der Waals surface area contributed by atoms with E-state index in [-0.39, 0.29) is 12.1 Å². The zero-order valence-corrected chi connectivity index (χ0v) is 22.1. The lowest BCUT2D eigenvalue weighted by atomic mass is 9.92. The smallest absolute Gasteiger partial charge is 0.319 e. The Kier molecular flexibility index (Phi) is 8.03. The summed E-state index contributed by atoms with van der Waals surface area (Å²) in [5.41, 5.74) is 3.22. The summed E-state index contributed by atoms with van der Waals surface area (Å²) >= 11 is 1.84. The molecule has 0 saturated carbocycles. The number of urea groups is 1. The molecule has 1 aromatic carbocycles. The lowest BCUT2D eigenvalue weighted by Gasteiger charge is -2.26. The van der Waals surface area contributed by atoms with E-state index in [1.807, 2.05) is 29.5 Å². The molecule has 7 nitrogen and oxygen atoms in total. The highest BCUT2D eigenvalue weighted by molar-refractivity contribution is 7.15. The first-order valence-corrected chi connectivity index (χ1v) is 13.0. The highest BCUT2D eigenvalue weighted by Gasteiger charge is 2.29.